The molecule has 1 heterocycles. The number of carbonyl (C=O) groups is 4. The van der Waals surface area contributed by atoms with Crippen molar-refractivity contribution in [2.45, 2.75) is 65.1 Å². The third kappa shape index (κ3) is 2.75. The number of aliphatic hydroxyl groups excluding tert-OH is 2. The van der Waals surface area contributed by atoms with Crippen LogP contribution in [0.25, 0.3) is 0 Å². The molecule has 2 N–H and O–H groups in total. The second-order valence-corrected chi connectivity index (χ2v) is 14.6. The van der Waals surface area contributed by atoms with Crippen molar-refractivity contribution in [1.29, 1.82) is 0 Å². The van der Waals surface area contributed by atoms with Crippen molar-refractivity contribution in [1.82, 2.24) is 0 Å². The minimum absolute atomic E-state index is 0.105. The number of carbonyl (C=O) groups excluding carboxylic acids is 4. The molecule has 0 aromatic carbocycles. The lowest BCUT2D eigenvalue weighted by atomic mass is 9.42. The molecule has 0 radical (unpaired) electrons. The number of Topliss-reactive ketones (excluding diaryl/α,β-unsaturated/α-hetero) is 1. The number of allylic oxidation sites excluding steroid dienone is 1. The van der Waals surface area contributed by atoms with Crippen LogP contribution in [0.2, 0.25) is 0 Å². The quantitative estimate of drug-likeness (QED) is 0.223. The highest BCUT2D eigenvalue weighted by molar-refractivity contribution is 6.09. The van der Waals surface area contributed by atoms with Gasteiger partial charge in [-0.2, -0.15) is 0 Å². The van der Waals surface area contributed by atoms with Gasteiger partial charge in [-0.25, -0.2) is 9.59 Å². The van der Waals surface area contributed by atoms with E-state index in [9.17, 15) is 29.4 Å². The van der Waals surface area contributed by atoms with Crippen molar-refractivity contribution >= 4 is 23.7 Å². The van der Waals surface area contributed by atoms with E-state index < -0.39 is 47.4 Å². The number of aliphatic hydroxyl groups is 2. The van der Waals surface area contributed by atoms with Gasteiger partial charge in [0, 0.05) is 29.4 Å². The SMILES string of the molecule is COC(=O)/C(C)=C1\C(=O)C(O)C2(C)C3=C(CC4C5(OC(=O)C(CO)=C5CC5C(COC(C)=O)C6CC6C54C)C31)C1CC12. The number of ether oxygens (including phenoxy) is 3. The molecule has 7 aliphatic carbocycles. The highest BCUT2D eigenvalue weighted by Crippen LogP contribution is 2.82. The van der Waals surface area contributed by atoms with Crippen LogP contribution in [0.1, 0.15) is 53.4 Å². The first-order chi connectivity index (χ1) is 19.9. The fraction of sp³-hybridized carbons (Fsp3) is 0.697. The van der Waals surface area contributed by atoms with Crippen LogP contribution in [-0.4, -0.2) is 65.9 Å². The smallest absolute Gasteiger partial charge is 0.337 e. The zero-order valence-electron chi connectivity index (χ0n) is 24.7. The highest BCUT2D eigenvalue weighted by atomic mass is 16.6. The van der Waals surface area contributed by atoms with E-state index in [0.29, 0.717) is 31.3 Å². The molecule has 1 spiro atoms. The Morgan fingerprint density at radius 3 is 2.48 bits per heavy atom. The molecule has 0 bridgehead atoms. The molecule has 8 aliphatic rings. The summed E-state index contributed by atoms with van der Waals surface area (Å²) >= 11 is 0. The summed E-state index contributed by atoms with van der Waals surface area (Å²) in [6.07, 6.45) is 1.78. The summed E-state index contributed by atoms with van der Waals surface area (Å²) in [5.41, 5.74) is 1.12. The summed E-state index contributed by atoms with van der Waals surface area (Å²) in [6, 6.07) is 0. The summed E-state index contributed by atoms with van der Waals surface area (Å²) in [5, 5.41) is 22.2. The number of hydrogen-bond acceptors (Lipinski definition) is 9. The summed E-state index contributed by atoms with van der Waals surface area (Å²) < 4.78 is 17.3. The molecule has 0 amide bonds. The van der Waals surface area contributed by atoms with Gasteiger partial charge in [-0.15, -0.1) is 0 Å². The van der Waals surface area contributed by atoms with Gasteiger partial charge < -0.3 is 24.4 Å². The number of fused-ring (bicyclic) bond motifs is 7. The third-order valence-corrected chi connectivity index (χ3v) is 13.5. The Balaban J connectivity index is 1.40. The molecule has 8 rings (SSSR count). The second-order valence-electron chi connectivity index (χ2n) is 14.6. The van der Waals surface area contributed by atoms with Gasteiger partial charge in [-0.05, 0) is 84.7 Å². The average molecular weight is 579 g/mol. The van der Waals surface area contributed by atoms with Gasteiger partial charge in [0.1, 0.15) is 11.7 Å². The van der Waals surface area contributed by atoms with Crippen LogP contribution >= 0.6 is 0 Å². The van der Waals surface area contributed by atoms with Crippen LogP contribution < -0.4 is 0 Å². The summed E-state index contributed by atoms with van der Waals surface area (Å²) in [5.74, 6) is -1.61. The molecule has 1 aliphatic heterocycles. The van der Waals surface area contributed by atoms with Crippen molar-refractivity contribution < 1.29 is 43.6 Å². The number of methoxy groups -OCH3 is 1. The molecular formula is C33H38O9. The molecule has 12 atom stereocenters. The summed E-state index contributed by atoms with van der Waals surface area (Å²) in [6.45, 7) is 7.09. The lowest BCUT2D eigenvalue weighted by Gasteiger charge is -2.63. The lowest BCUT2D eigenvalue weighted by Crippen LogP contribution is -2.66. The van der Waals surface area contributed by atoms with Gasteiger partial charge in [0.25, 0.3) is 0 Å². The fourth-order valence-corrected chi connectivity index (χ4v) is 11.7. The van der Waals surface area contributed by atoms with Gasteiger partial charge in [0.05, 0.1) is 31.8 Å². The Labute approximate surface area is 244 Å². The largest absolute Gasteiger partial charge is 0.466 e. The lowest BCUT2D eigenvalue weighted by molar-refractivity contribution is -0.179. The van der Waals surface area contributed by atoms with Crippen molar-refractivity contribution in [3.05, 3.63) is 33.4 Å². The van der Waals surface area contributed by atoms with E-state index in [1.165, 1.54) is 19.6 Å². The van der Waals surface area contributed by atoms with Crippen LogP contribution in [0.5, 0.6) is 0 Å². The van der Waals surface area contributed by atoms with E-state index in [2.05, 4.69) is 6.92 Å². The van der Waals surface area contributed by atoms with Crippen LogP contribution in [0, 0.1) is 58.2 Å². The first-order valence-corrected chi connectivity index (χ1v) is 15.3. The zero-order valence-corrected chi connectivity index (χ0v) is 24.7. The molecular weight excluding hydrogens is 540 g/mol. The molecule has 12 unspecified atom stereocenters. The topological polar surface area (TPSA) is 136 Å². The van der Waals surface area contributed by atoms with Crippen LogP contribution in [-0.2, 0) is 33.4 Å². The Hall–Kier alpha value is -2.78. The Morgan fingerprint density at radius 2 is 1.81 bits per heavy atom. The van der Waals surface area contributed by atoms with Crippen LogP contribution in [0.15, 0.2) is 33.4 Å². The molecule has 0 aromatic rings. The molecule has 42 heavy (non-hydrogen) atoms. The first kappa shape index (κ1) is 26.8. The minimum atomic E-state index is -1.31. The van der Waals surface area contributed by atoms with Crippen molar-refractivity contribution in [2.75, 3.05) is 20.3 Å². The molecule has 9 nitrogen and oxygen atoms in total. The molecule has 0 aromatic heterocycles. The monoisotopic (exact) mass is 578 g/mol. The predicted molar refractivity (Wildman–Crippen MR) is 145 cm³/mol. The standard InChI is InChI=1S/C33H38O9/c1-12(29(38)40-5)24-26-25-16(14-6-20(14)32(25,4)28(37)27(24)36)8-23-31(3)19-7-15(19)18(11-41-13(2)35)21(31)9-22-17(10-34)30(39)42-33(22,23)26/h14-15,18-21,23,26,28,34,37H,6-11H2,1-5H3/b24-12-. The van der Waals surface area contributed by atoms with Crippen molar-refractivity contribution in [3.63, 3.8) is 0 Å². The van der Waals surface area contributed by atoms with Gasteiger partial charge in [0.2, 0.25) is 0 Å². The van der Waals surface area contributed by atoms with E-state index in [-0.39, 0.29) is 57.7 Å². The normalized spacial score (nSPS) is 49.7. The second kappa shape index (κ2) is 8.03. The summed E-state index contributed by atoms with van der Waals surface area (Å²) in [7, 11) is 1.27. The van der Waals surface area contributed by atoms with Gasteiger partial charge in [-0.1, -0.05) is 19.4 Å². The minimum Gasteiger partial charge on any atom is -0.466 e. The maximum absolute atomic E-state index is 14.3. The number of ketones is 1. The van der Waals surface area contributed by atoms with Gasteiger partial charge in [-0.3, -0.25) is 9.59 Å². The zero-order chi connectivity index (χ0) is 29.8. The van der Waals surface area contributed by atoms with E-state index in [1.54, 1.807) is 6.92 Å². The summed E-state index contributed by atoms with van der Waals surface area (Å²) in [4.78, 5) is 52.8. The Kier molecular flexibility index (Phi) is 5.13. The van der Waals surface area contributed by atoms with Crippen LogP contribution in [0.3, 0.4) is 0 Å². The van der Waals surface area contributed by atoms with E-state index in [0.717, 1.165) is 24.0 Å². The maximum atomic E-state index is 14.3. The van der Waals surface area contributed by atoms with Gasteiger partial charge >= 0.3 is 17.9 Å². The number of hydrogen-bond donors (Lipinski definition) is 2. The third-order valence-electron chi connectivity index (χ3n) is 13.5. The number of rotatable bonds is 4. The first-order valence-electron chi connectivity index (χ1n) is 15.3. The molecule has 9 heteroatoms. The molecule has 0 saturated heterocycles. The van der Waals surface area contributed by atoms with E-state index in [1.807, 2.05) is 6.92 Å². The molecule has 5 fully saturated rings. The van der Waals surface area contributed by atoms with Crippen molar-refractivity contribution in [3.8, 4) is 0 Å². The van der Waals surface area contributed by atoms with E-state index >= 15 is 0 Å². The van der Waals surface area contributed by atoms with Crippen LogP contribution in [0.4, 0.5) is 0 Å². The number of esters is 3. The average Bonchev–Trinajstić information content (AvgIpc) is 3.86. The van der Waals surface area contributed by atoms with Crippen molar-refractivity contribution in [2.24, 2.45) is 58.2 Å². The highest BCUT2D eigenvalue weighted by Gasteiger charge is 2.81. The van der Waals surface area contributed by atoms with Gasteiger partial charge in [0.15, 0.2) is 5.78 Å². The molecule has 5 saturated carbocycles. The maximum Gasteiger partial charge on any atom is 0.337 e. The molecule has 224 valence electrons. The predicted octanol–water partition coefficient (Wildman–Crippen LogP) is 2.45. The Bertz CT molecular complexity index is 1500. The Morgan fingerprint density at radius 1 is 1.07 bits per heavy atom. The van der Waals surface area contributed by atoms with E-state index in [4.69, 9.17) is 14.2 Å². The fourth-order valence-electron chi connectivity index (χ4n) is 11.7.